The topological polar surface area (TPSA) is 79.4 Å². The highest BCUT2D eigenvalue weighted by atomic mass is 16.5. The maximum Gasteiger partial charge on any atom is 0.201 e. The Bertz CT molecular complexity index is 977. The van der Waals surface area contributed by atoms with E-state index in [1.807, 2.05) is 0 Å². The zero-order valence-corrected chi connectivity index (χ0v) is 19.9. The van der Waals surface area contributed by atoms with Gasteiger partial charge in [-0.1, -0.05) is 12.1 Å². The summed E-state index contributed by atoms with van der Waals surface area (Å²) in [5.74, 6) is 0.974. The van der Waals surface area contributed by atoms with Gasteiger partial charge in [-0.3, -0.25) is 0 Å². The molecule has 3 fully saturated rings. The summed E-state index contributed by atoms with van der Waals surface area (Å²) in [5.41, 5.74) is 12.8. The van der Waals surface area contributed by atoms with Crippen LogP contribution in [0.3, 0.4) is 0 Å². The summed E-state index contributed by atoms with van der Waals surface area (Å²) in [4.78, 5) is 12.5. The average Bonchev–Trinajstić information content (AvgIpc) is 3.59. The van der Waals surface area contributed by atoms with Crippen molar-refractivity contribution in [1.29, 1.82) is 0 Å². The van der Waals surface area contributed by atoms with Gasteiger partial charge >= 0.3 is 0 Å². The van der Waals surface area contributed by atoms with Crippen LogP contribution in [0.5, 0.6) is 0 Å². The van der Waals surface area contributed by atoms with E-state index in [1.54, 1.807) is 0 Å². The fourth-order valence-electron chi connectivity index (χ4n) is 5.53. The first-order chi connectivity index (χ1) is 16.8. The van der Waals surface area contributed by atoms with Gasteiger partial charge in [-0.25, -0.2) is 10.4 Å². The Balaban J connectivity index is 1.23. The van der Waals surface area contributed by atoms with E-state index in [2.05, 4.69) is 66.7 Å². The first kappa shape index (κ1) is 21.9. The third-order valence-electron chi connectivity index (χ3n) is 7.46. The van der Waals surface area contributed by atoms with Gasteiger partial charge in [-0.05, 0) is 30.5 Å². The van der Waals surface area contributed by atoms with Gasteiger partial charge in [0.25, 0.3) is 0 Å². The molecule has 5 aliphatic rings. The highest BCUT2D eigenvalue weighted by Crippen LogP contribution is 2.35. The van der Waals surface area contributed by atoms with Crippen LogP contribution in [-0.4, -0.2) is 94.0 Å². The van der Waals surface area contributed by atoms with Crippen molar-refractivity contribution in [3.63, 3.8) is 0 Å². The van der Waals surface area contributed by atoms with Crippen LogP contribution in [0.15, 0.2) is 52.3 Å². The molecule has 1 atom stereocenters. The molecule has 4 N–H and O–H groups in total. The van der Waals surface area contributed by atoms with E-state index in [0.29, 0.717) is 0 Å². The Morgan fingerprint density at radius 1 is 1.06 bits per heavy atom. The third kappa shape index (κ3) is 4.53. The van der Waals surface area contributed by atoms with Crippen molar-refractivity contribution < 1.29 is 4.74 Å². The van der Waals surface area contributed by atoms with Crippen LogP contribution in [0.2, 0.25) is 0 Å². The number of fused-ring (bicyclic) bond motifs is 1. The normalized spacial score (nSPS) is 25.6. The minimum absolute atomic E-state index is 0.135. The molecule has 0 amide bonds. The summed E-state index contributed by atoms with van der Waals surface area (Å²) in [7, 11) is 0. The zero-order valence-electron chi connectivity index (χ0n) is 19.9. The van der Waals surface area contributed by atoms with Crippen molar-refractivity contribution in [1.82, 2.24) is 31.3 Å². The van der Waals surface area contributed by atoms with Gasteiger partial charge in [-0.2, -0.15) is 0 Å². The van der Waals surface area contributed by atoms with Gasteiger partial charge in [0.2, 0.25) is 5.96 Å². The van der Waals surface area contributed by atoms with E-state index in [0.717, 1.165) is 96.6 Å². The highest BCUT2D eigenvalue weighted by molar-refractivity contribution is 5.85. The van der Waals surface area contributed by atoms with Gasteiger partial charge in [0.15, 0.2) is 0 Å². The summed E-state index contributed by atoms with van der Waals surface area (Å²) in [6.45, 7) is 10.7. The van der Waals surface area contributed by atoms with E-state index in [-0.39, 0.29) is 6.17 Å². The number of hydrogen-bond donors (Lipinski definition) is 4. The van der Waals surface area contributed by atoms with Crippen molar-refractivity contribution in [2.75, 3.05) is 77.0 Å². The lowest BCUT2D eigenvalue weighted by Gasteiger charge is -2.38. The lowest BCUT2D eigenvalue weighted by atomic mass is 10.0. The van der Waals surface area contributed by atoms with E-state index < -0.39 is 0 Å². The van der Waals surface area contributed by atoms with Crippen molar-refractivity contribution in [3.8, 4) is 0 Å². The molecule has 5 aliphatic heterocycles. The molecule has 0 radical (unpaired) electrons. The molecule has 0 spiro atoms. The number of benzene rings is 1. The smallest absolute Gasteiger partial charge is 0.201 e. The minimum Gasteiger partial charge on any atom is -0.378 e. The highest BCUT2D eigenvalue weighted by Gasteiger charge is 2.37. The van der Waals surface area contributed by atoms with Crippen LogP contribution in [0, 0.1) is 0 Å². The second-order valence-electron chi connectivity index (χ2n) is 9.58. The SMILES string of the molecule is C1=C(C2=C3CCN(c4cccc(CCN5CCNCC5)c4)C3NC(N3CCOCC3)=N2)CNN1. The molecule has 34 heavy (non-hydrogen) atoms. The minimum atomic E-state index is 0.135. The van der Waals surface area contributed by atoms with Crippen molar-refractivity contribution in [2.45, 2.75) is 19.0 Å². The number of morpholine rings is 1. The van der Waals surface area contributed by atoms with E-state index in [1.165, 1.54) is 22.4 Å². The molecule has 1 aromatic rings. The largest absolute Gasteiger partial charge is 0.378 e. The number of nitrogens with zero attached hydrogens (tertiary/aromatic N) is 4. The summed E-state index contributed by atoms with van der Waals surface area (Å²) in [6.07, 6.45) is 4.31. The van der Waals surface area contributed by atoms with Gasteiger partial charge in [0.05, 0.1) is 18.9 Å². The van der Waals surface area contributed by atoms with E-state index in [4.69, 9.17) is 9.73 Å². The molecule has 9 nitrogen and oxygen atoms in total. The van der Waals surface area contributed by atoms with Gasteiger partial charge in [0.1, 0.15) is 6.17 Å². The summed E-state index contributed by atoms with van der Waals surface area (Å²) < 4.78 is 5.59. The van der Waals surface area contributed by atoms with Crippen LogP contribution in [0.1, 0.15) is 12.0 Å². The van der Waals surface area contributed by atoms with Crippen molar-refractivity contribution in [3.05, 3.63) is 52.9 Å². The summed E-state index contributed by atoms with van der Waals surface area (Å²) in [6, 6.07) is 9.15. The van der Waals surface area contributed by atoms with E-state index in [9.17, 15) is 0 Å². The summed E-state index contributed by atoms with van der Waals surface area (Å²) >= 11 is 0. The third-order valence-corrected chi connectivity index (χ3v) is 7.46. The molecule has 9 heteroatoms. The number of piperazine rings is 1. The molecule has 182 valence electrons. The molecule has 0 aromatic heterocycles. The quantitative estimate of drug-likeness (QED) is 0.493. The van der Waals surface area contributed by atoms with Crippen molar-refractivity contribution >= 4 is 11.6 Å². The first-order valence-corrected chi connectivity index (χ1v) is 12.7. The fourth-order valence-corrected chi connectivity index (χ4v) is 5.53. The Labute approximate surface area is 201 Å². The van der Waals surface area contributed by atoms with Gasteiger partial charge < -0.3 is 35.5 Å². The number of hydrazine groups is 1. The predicted molar refractivity (Wildman–Crippen MR) is 134 cm³/mol. The fraction of sp³-hybridized carbons (Fsp3) is 0.560. The number of anilines is 1. The molecule has 5 heterocycles. The lowest BCUT2D eigenvalue weighted by Crippen LogP contribution is -2.55. The Morgan fingerprint density at radius 3 is 2.76 bits per heavy atom. The molecule has 0 saturated carbocycles. The van der Waals surface area contributed by atoms with E-state index >= 15 is 0 Å². The molecular weight excluding hydrogens is 428 g/mol. The van der Waals surface area contributed by atoms with Crippen LogP contribution in [-0.2, 0) is 11.2 Å². The number of ether oxygens (including phenoxy) is 1. The van der Waals surface area contributed by atoms with Crippen LogP contribution in [0.25, 0.3) is 0 Å². The Morgan fingerprint density at radius 2 is 1.94 bits per heavy atom. The molecule has 6 rings (SSSR count). The number of aliphatic imine (C=N–C) groups is 1. The Hall–Kier alpha value is -2.59. The molecular formula is C25H36N8O. The second kappa shape index (κ2) is 9.95. The molecule has 3 saturated heterocycles. The van der Waals surface area contributed by atoms with Crippen LogP contribution in [0.4, 0.5) is 5.69 Å². The van der Waals surface area contributed by atoms with Crippen LogP contribution >= 0.6 is 0 Å². The van der Waals surface area contributed by atoms with Gasteiger partial charge in [0, 0.05) is 81.9 Å². The maximum atomic E-state index is 5.59. The van der Waals surface area contributed by atoms with Crippen LogP contribution < -0.4 is 26.4 Å². The monoisotopic (exact) mass is 464 g/mol. The first-order valence-electron chi connectivity index (χ1n) is 12.7. The maximum absolute atomic E-state index is 5.59. The number of hydrogen-bond acceptors (Lipinski definition) is 9. The van der Waals surface area contributed by atoms with Crippen molar-refractivity contribution in [2.24, 2.45) is 4.99 Å². The number of nitrogens with one attached hydrogen (secondary N) is 4. The predicted octanol–water partition coefficient (Wildman–Crippen LogP) is 0.208. The standard InChI is InChI=1S/C25H36N8O/c1-2-19(4-8-31-10-6-26-7-11-31)16-21(3-1)33-9-5-22-23(20-17-27-28-18-20)29-25(30-24(22)33)32-12-14-34-15-13-32/h1-3,16-17,24,26-28H,4-15,18H2,(H,29,30). The zero-order chi connectivity index (χ0) is 22.7. The lowest BCUT2D eigenvalue weighted by molar-refractivity contribution is 0.0662. The molecule has 0 aliphatic carbocycles. The average molecular weight is 465 g/mol. The number of guanidine groups is 1. The molecule has 1 unspecified atom stereocenters. The molecule has 0 bridgehead atoms. The van der Waals surface area contributed by atoms with Gasteiger partial charge in [-0.15, -0.1) is 0 Å². The Kier molecular flexibility index (Phi) is 6.41. The second-order valence-corrected chi connectivity index (χ2v) is 9.58. The number of rotatable bonds is 5. The molecule has 1 aromatic carbocycles. The summed E-state index contributed by atoms with van der Waals surface area (Å²) in [5, 5.41) is 7.24.